The molecule has 1 aliphatic carbocycles. The van der Waals surface area contributed by atoms with E-state index >= 15 is 0 Å². The molecule has 208 valence electrons. The molecule has 0 radical (unpaired) electrons. The number of unbranched alkanes of at least 4 members (excludes halogenated alkanes) is 3. The van der Waals surface area contributed by atoms with Gasteiger partial charge in [-0.2, -0.15) is 0 Å². The fourth-order valence-electron chi connectivity index (χ4n) is 5.34. The first-order valence-electron chi connectivity index (χ1n) is 13.8. The maximum Gasteiger partial charge on any atom is 0.407 e. The largest absolute Gasteiger partial charge is 0.469 e. The quantitative estimate of drug-likeness (QED) is 0.186. The van der Waals surface area contributed by atoms with Gasteiger partial charge in [-0.1, -0.05) is 31.9 Å². The zero-order valence-electron chi connectivity index (χ0n) is 23.1. The minimum atomic E-state index is -0.585. The molecule has 0 spiro atoms. The van der Waals surface area contributed by atoms with Gasteiger partial charge in [0.1, 0.15) is 5.60 Å². The summed E-state index contributed by atoms with van der Waals surface area (Å²) in [6, 6.07) is -0.179. The second-order valence-corrected chi connectivity index (χ2v) is 11.2. The molecule has 36 heavy (non-hydrogen) atoms. The number of allylic oxidation sites excluding steroid dienone is 2. The van der Waals surface area contributed by atoms with Crippen LogP contribution in [0.15, 0.2) is 12.2 Å². The number of nitrogens with one attached hydrogen (secondary N) is 1. The van der Waals surface area contributed by atoms with Gasteiger partial charge in [-0.15, -0.1) is 0 Å². The van der Waals surface area contributed by atoms with Crippen LogP contribution in [0.25, 0.3) is 0 Å². The van der Waals surface area contributed by atoms with Crippen LogP contribution < -0.4 is 5.32 Å². The van der Waals surface area contributed by atoms with Gasteiger partial charge in [-0.3, -0.25) is 4.79 Å². The Morgan fingerprint density at radius 3 is 2.44 bits per heavy atom. The molecule has 2 rings (SSSR count). The highest BCUT2D eigenvalue weighted by Crippen LogP contribution is 2.41. The first-order valence-corrected chi connectivity index (χ1v) is 13.8. The molecule has 2 fully saturated rings. The van der Waals surface area contributed by atoms with Gasteiger partial charge in [-0.25, -0.2) is 4.79 Å². The summed E-state index contributed by atoms with van der Waals surface area (Å²) in [5, 5.41) is 14.0. The van der Waals surface area contributed by atoms with Crippen molar-refractivity contribution in [2.24, 2.45) is 11.8 Å². The number of hydrogen-bond donors (Lipinski definition) is 2. The number of hydrogen-bond acceptors (Lipinski definition) is 7. The molecule has 1 saturated heterocycles. The molecule has 1 amide bonds. The monoisotopic (exact) mass is 511 g/mol. The number of aliphatic hydroxyl groups excluding tert-OH is 1. The van der Waals surface area contributed by atoms with Crippen molar-refractivity contribution >= 4 is 12.1 Å². The van der Waals surface area contributed by atoms with E-state index in [0.29, 0.717) is 32.5 Å². The number of aliphatic hydroxyl groups is 1. The average molecular weight is 512 g/mol. The van der Waals surface area contributed by atoms with Crippen molar-refractivity contribution in [1.82, 2.24) is 5.32 Å². The topological polar surface area (TPSA) is 103 Å². The van der Waals surface area contributed by atoms with Crippen LogP contribution in [0.1, 0.15) is 98.3 Å². The minimum absolute atomic E-state index is 0.0101. The SMILES string of the molecule is CCCCCC1(CC[C@H]2[C@H](NC(=O)OC(C)(C)C)CC(O)[C@@H]2C/C=C\CCCC(=O)OC)OCCO1. The lowest BCUT2D eigenvalue weighted by Gasteiger charge is -2.32. The summed E-state index contributed by atoms with van der Waals surface area (Å²) in [5.41, 5.74) is -0.585. The Kier molecular flexibility index (Phi) is 12.7. The standard InChI is InChI=1S/C28H49NO7/c1-6-7-12-16-28(34-18-19-35-28)17-15-21-22(13-10-8-9-11-14-25(31)33-5)24(30)20-23(21)29-26(32)36-27(2,3)4/h8,10,21-24,30H,6-7,9,11-20H2,1-5H3,(H,29,32)/b10-8-/t21-,22-,23-,24?/m1/s1. The van der Waals surface area contributed by atoms with Crippen LogP contribution in [0.3, 0.4) is 0 Å². The van der Waals surface area contributed by atoms with Crippen LogP contribution in [-0.2, 0) is 23.7 Å². The molecule has 0 aromatic rings. The first-order chi connectivity index (χ1) is 17.1. The van der Waals surface area contributed by atoms with Gasteiger partial charge < -0.3 is 29.4 Å². The number of ether oxygens (including phenoxy) is 4. The van der Waals surface area contributed by atoms with Gasteiger partial charge in [0.25, 0.3) is 0 Å². The van der Waals surface area contributed by atoms with Gasteiger partial charge in [-0.05, 0) is 71.1 Å². The van der Waals surface area contributed by atoms with Crippen LogP contribution in [0.2, 0.25) is 0 Å². The third kappa shape index (κ3) is 10.4. The number of rotatable bonds is 14. The van der Waals surface area contributed by atoms with Crippen molar-refractivity contribution in [3.63, 3.8) is 0 Å². The lowest BCUT2D eigenvalue weighted by Crippen LogP contribution is -2.42. The summed E-state index contributed by atoms with van der Waals surface area (Å²) >= 11 is 0. The second-order valence-electron chi connectivity index (χ2n) is 11.2. The molecule has 1 heterocycles. The van der Waals surface area contributed by atoms with E-state index in [1.54, 1.807) is 0 Å². The second kappa shape index (κ2) is 14.9. The van der Waals surface area contributed by atoms with E-state index in [9.17, 15) is 14.7 Å². The highest BCUT2D eigenvalue weighted by atomic mass is 16.7. The summed E-state index contributed by atoms with van der Waals surface area (Å²) in [6.07, 6.45) is 12.0. The molecule has 8 nitrogen and oxygen atoms in total. The predicted molar refractivity (Wildman–Crippen MR) is 138 cm³/mol. The third-order valence-electron chi connectivity index (χ3n) is 7.15. The first kappa shape index (κ1) is 30.6. The summed E-state index contributed by atoms with van der Waals surface area (Å²) < 4.78 is 22.4. The summed E-state index contributed by atoms with van der Waals surface area (Å²) in [6.45, 7) is 8.93. The van der Waals surface area contributed by atoms with E-state index < -0.39 is 23.6 Å². The summed E-state index contributed by atoms with van der Waals surface area (Å²) in [5.74, 6) is -0.679. The van der Waals surface area contributed by atoms with E-state index in [0.717, 1.165) is 51.4 Å². The Hall–Kier alpha value is -1.64. The number of carbonyl (C=O) groups excluding carboxylic acids is 2. The Bertz CT molecular complexity index is 697. The normalized spacial score (nSPS) is 25.8. The number of esters is 1. The molecule has 0 aromatic heterocycles. The molecule has 2 N–H and O–H groups in total. The van der Waals surface area contributed by atoms with E-state index in [-0.39, 0.29) is 23.8 Å². The molecule has 0 aromatic carbocycles. The molecule has 1 saturated carbocycles. The smallest absolute Gasteiger partial charge is 0.407 e. The maximum absolute atomic E-state index is 12.6. The molecular weight excluding hydrogens is 462 g/mol. The molecule has 1 aliphatic heterocycles. The Balaban J connectivity index is 2.04. The van der Waals surface area contributed by atoms with Gasteiger partial charge in [0.2, 0.25) is 0 Å². The minimum Gasteiger partial charge on any atom is -0.469 e. The van der Waals surface area contributed by atoms with Crippen molar-refractivity contribution in [1.29, 1.82) is 0 Å². The van der Waals surface area contributed by atoms with Crippen LogP contribution in [0.4, 0.5) is 4.79 Å². The van der Waals surface area contributed by atoms with Gasteiger partial charge >= 0.3 is 12.1 Å². The van der Waals surface area contributed by atoms with Crippen LogP contribution in [0, 0.1) is 11.8 Å². The molecule has 8 heteroatoms. The maximum atomic E-state index is 12.6. The number of alkyl carbamates (subject to hydrolysis) is 1. The van der Waals surface area contributed by atoms with Crippen LogP contribution >= 0.6 is 0 Å². The van der Waals surface area contributed by atoms with E-state index in [4.69, 9.17) is 14.2 Å². The molecule has 2 aliphatic rings. The lowest BCUT2D eigenvalue weighted by molar-refractivity contribution is -0.171. The molecular formula is C28H49NO7. The van der Waals surface area contributed by atoms with Crippen LogP contribution in [-0.4, -0.2) is 61.0 Å². The van der Waals surface area contributed by atoms with Crippen molar-refractivity contribution in [2.75, 3.05) is 20.3 Å². The number of amides is 1. The van der Waals surface area contributed by atoms with E-state index in [1.807, 2.05) is 20.8 Å². The fourth-order valence-corrected chi connectivity index (χ4v) is 5.34. The average Bonchev–Trinajstić information content (AvgIpc) is 3.38. The Morgan fingerprint density at radius 1 is 1.08 bits per heavy atom. The summed E-state index contributed by atoms with van der Waals surface area (Å²) in [4.78, 5) is 23.9. The lowest BCUT2D eigenvalue weighted by atomic mass is 9.84. The van der Waals surface area contributed by atoms with E-state index in [2.05, 4.69) is 29.1 Å². The van der Waals surface area contributed by atoms with Crippen molar-refractivity contribution in [3.8, 4) is 0 Å². The Morgan fingerprint density at radius 2 is 1.81 bits per heavy atom. The zero-order chi connectivity index (χ0) is 26.6. The number of carbonyl (C=O) groups is 2. The fraction of sp³-hybridized carbons (Fsp3) is 0.857. The molecule has 4 atom stereocenters. The highest BCUT2D eigenvalue weighted by Gasteiger charge is 2.45. The van der Waals surface area contributed by atoms with E-state index in [1.165, 1.54) is 7.11 Å². The van der Waals surface area contributed by atoms with Gasteiger partial charge in [0.05, 0.1) is 26.4 Å². The zero-order valence-corrected chi connectivity index (χ0v) is 23.1. The van der Waals surface area contributed by atoms with Gasteiger partial charge in [0, 0.05) is 25.3 Å². The molecule has 0 bridgehead atoms. The van der Waals surface area contributed by atoms with Crippen molar-refractivity contribution in [2.45, 2.75) is 122 Å². The highest BCUT2D eigenvalue weighted by molar-refractivity contribution is 5.69. The predicted octanol–water partition coefficient (Wildman–Crippen LogP) is 5.27. The van der Waals surface area contributed by atoms with Crippen molar-refractivity contribution < 1.29 is 33.6 Å². The van der Waals surface area contributed by atoms with Gasteiger partial charge in [0.15, 0.2) is 5.79 Å². The van der Waals surface area contributed by atoms with Crippen LogP contribution in [0.5, 0.6) is 0 Å². The molecule has 1 unspecified atom stereocenters. The number of methoxy groups -OCH3 is 1. The third-order valence-corrected chi connectivity index (χ3v) is 7.15. The summed E-state index contributed by atoms with van der Waals surface area (Å²) in [7, 11) is 1.40. The van der Waals surface area contributed by atoms with Crippen molar-refractivity contribution in [3.05, 3.63) is 12.2 Å². The Labute approximate surface area is 217 Å².